The van der Waals surface area contributed by atoms with Gasteiger partial charge in [0.05, 0.1) is 18.7 Å². The van der Waals surface area contributed by atoms with Gasteiger partial charge in [0.25, 0.3) is 5.56 Å². The van der Waals surface area contributed by atoms with E-state index in [1.165, 1.54) is 4.68 Å². The minimum Gasteiger partial charge on any atom is -0.505 e. The predicted octanol–water partition coefficient (Wildman–Crippen LogP) is 4.56. The van der Waals surface area contributed by atoms with E-state index in [1.54, 1.807) is 0 Å². The third-order valence-electron chi connectivity index (χ3n) is 3.77. The molecule has 0 atom stereocenters. The van der Waals surface area contributed by atoms with Crippen LogP contribution < -0.4 is 5.56 Å². The van der Waals surface area contributed by atoms with Crippen molar-refractivity contribution in [3.63, 3.8) is 0 Å². The van der Waals surface area contributed by atoms with Gasteiger partial charge >= 0.3 is 0 Å². The molecule has 0 saturated carbocycles. The Labute approximate surface area is 189 Å². The second-order valence-electron chi connectivity index (χ2n) is 5.80. The van der Waals surface area contributed by atoms with Gasteiger partial charge in [-0.2, -0.15) is 5.10 Å². The Bertz CT molecular complexity index is 743. The van der Waals surface area contributed by atoms with Crippen molar-refractivity contribution < 1.29 is 42.6 Å². The van der Waals surface area contributed by atoms with Gasteiger partial charge in [-0.05, 0) is 25.0 Å². The van der Waals surface area contributed by atoms with Crippen molar-refractivity contribution in [2.24, 2.45) is 0 Å². The van der Waals surface area contributed by atoms with E-state index in [0.29, 0.717) is 31.0 Å². The average Bonchev–Trinajstić information content (AvgIpc) is 2.60. The van der Waals surface area contributed by atoms with Crippen molar-refractivity contribution in [3.8, 4) is 16.9 Å². The van der Waals surface area contributed by atoms with Crippen molar-refractivity contribution in [1.82, 2.24) is 9.78 Å². The molecule has 5 nitrogen and oxygen atoms in total. The molecule has 2 rings (SSSR count). The molecule has 1 heterocycles. The van der Waals surface area contributed by atoms with E-state index in [1.807, 2.05) is 65.8 Å². The van der Waals surface area contributed by atoms with Crippen molar-refractivity contribution in [2.45, 2.75) is 54.0 Å². The van der Waals surface area contributed by atoms with E-state index in [9.17, 15) is 9.90 Å². The van der Waals surface area contributed by atoms with Crippen LogP contribution in [0.5, 0.6) is 5.75 Å². The molecule has 0 aliphatic carbocycles. The topological polar surface area (TPSA) is 64.3 Å². The molecule has 27 heavy (non-hydrogen) atoms. The monoisotopic (exact) mass is 450 g/mol. The van der Waals surface area contributed by atoms with Crippen LogP contribution >= 0.6 is 0 Å². The first kappa shape index (κ1) is 28.2. The second kappa shape index (κ2) is 14.0. The standard InChI is InChI=1S/C18H24N2O3.C2H6.CH3.Y/c1-5-23-11-10-20-18(22)15(14-9-7-6-8-13(14)4)17(21)16(19-20)12(2)3;1-2;;/h6-9,12,21H,5,10-11H2,1-4H3;1-2H3;1H3;/q;;-1;. The summed E-state index contributed by atoms with van der Waals surface area (Å²) in [6.07, 6.45) is 0. The fraction of sp³-hybridized carbons (Fsp3) is 0.476. The number of aromatic hydroxyl groups is 1. The summed E-state index contributed by atoms with van der Waals surface area (Å²) in [7, 11) is 0. The van der Waals surface area contributed by atoms with Gasteiger partial charge in [0, 0.05) is 45.2 Å². The zero-order valence-electron chi connectivity index (χ0n) is 17.7. The normalized spacial score (nSPS) is 9.74. The Kier molecular flexibility index (Phi) is 14.6. The van der Waals surface area contributed by atoms with Gasteiger partial charge in [-0.3, -0.25) is 4.79 Å². The summed E-state index contributed by atoms with van der Waals surface area (Å²) in [5.74, 6) is -0.0105. The first-order chi connectivity index (χ1) is 12.0. The summed E-state index contributed by atoms with van der Waals surface area (Å²) < 4.78 is 6.73. The Morgan fingerprint density at radius 2 is 1.81 bits per heavy atom. The summed E-state index contributed by atoms with van der Waals surface area (Å²) in [5.41, 5.74) is 2.24. The fourth-order valence-corrected chi connectivity index (χ4v) is 2.51. The summed E-state index contributed by atoms with van der Waals surface area (Å²) in [5, 5.41) is 14.9. The molecular formula is C21H33N2O3Y-. The molecule has 1 radical (unpaired) electrons. The van der Waals surface area contributed by atoms with Gasteiger partial charge in [0.1, 0.15) is 5.69 Å². The molecule has 0 bridgehead atoms. The van der Waals surface area contributed by atoms with Crippen LogP contribution in [0.3, 0.4) is 0 Å². The van der Waals surface area contributed by atoms with Gasteiger partial charge in [0.2, 0.25) is 0 Å². The van der Waals surface area contributed by atoms with E-state index in [4.69, 9.17) is 4.74 Å². The van der Waals surface area contributed by atoms with Crippen molar-refractivity contribution in [3.05, 3.63) is 53.3 Å². The third-order valence-corrected chi connectivity index (χ3v) is 3.77. The smallest absolute Gasteiger partial charge is 0.278 e. The summed E-state index contributed by atoms with van der Waals surface area (Å²) in [4.78, 5) is 12.8. The third kappa shape index (κ3) is 7.13. The number of hydrogen-bond donors (Lipinski definition) is 1. The maximum atomic E-state index is 12.8. The SMILES string of the molecule is CC.CCOCCn1nc(C(C)C)c(O)c(-c2ccccc2C)c1=O.[CH3-].[Y]. The summed E-state index contributed by atoms with van der Waals surface area (Å²) >= 11 is 0. The van der Waals surface area contributed by atoms with Crippen LogP contribution in [-0.2, 0) is 44.0 Å². The van der Waals surface area contributed by atoms with Crippen LogP contribution in [0.1, 0.15) is 51.8 Å². The first-order valence-corrected chi connectivity index (χ1v) is 8.95. The van der Waals surface area contributed by atoms with E-state index >= 15 is 0 Å². The van der Waals surface area contributed by atoms with Crippen LogP contribution in [-0.4, -0.2) is 28.1 Å². The van der Waals surface area contributed by atoms with Crippen LogP contribution in [0.2, 0.25) is 0 Å². The molecule has 0 saturated heterocycles. The number of nitrogens with zero attached hydrogens (tertiary/aromatic N) is 2. The Morgan fingerprint density at radius 3 is 2.33 bits per heavy atom. The molecule has 0 unspecified atom stereocenters. The average molecular weight is 450 g/mol. The Hall–Kier alpha value is -1.04. The molecule has 1 aromatic carbocycles. The zero-order valence-corrected chi connectivity index (χ0v) is 20.6. The van der Waals surface area contributed by atoms with Crippen molar-refractivity contribution in [1.29, 1.82) is 0 Å². The molecule has 1 N–H and O–H groups in total. The fourth-order valence-electron chi connectivity index (χ4n) is 2.51. The van der Waals surface area contributed by atoms with Gasteiger partial charge < -0.3 is 17.3 Å². The zero-order chi connectivity index (χ0) is 19.0. The summed E-state index contributed by atoms with van der Waals surface area (Å²) in [6.45, 7) is 13.1. The second-order valence-corrected chi connectivity index (χ2v) is 5.80. The molecular weight excluding hydrogens is 417 g/mol. The molecule has 0 aliphatic heterocycles. The predicted molar refractivity (Wildman–Crippen MR) is 109 cm³/mol. The molecule has 6 heteroatoms. The van der Waals surface area contributed by atoms with Crippen LogP contribution in [0, 0.1) is 14.4 Å². The maximum absolute atomic E-state index is 12.8. The number of aryl methyl sites for hydroxylation is 1. The molecule has 0 fully saturated rings. The molecule has 149 valence electrons. The number of benzene rings is 1. The van der Waals surface area contributed by atoms with Crippen molar-refractivity contribution >= 4 is 0 Å². The van der Waals surface area contributed by atoms with Crippen LogP contribution in [0.4, 0.5) is 0 Å². The van der Waals surface area contributed by atoms with Gasteiger partial charge in [-0.1, -0.05) is 52.0 Å². The number of hydrogen-bond acceptors (Lipinski definition) is 4. The molecule has 2 aromatic rings. The van der Waals surface area contributed by atoms with E-state index in [2.05, 4.69) is 5.10 Å². The number of ether oxygens (including phenoxy) is 1. The molecule has 0 spiro atoms. The number of rotatable bonds is 6. The van der Waals surface area contributed by atoms with E-state index in [-0.39, 0.29) is 57.4 Å². The maximum Gasteiger partial charge on any atom is 0.278 e. The molecule has 0 amide bonds. The van der Waals surface area contributed by atoms with Gasteiger partial charge in [0.15, 0.2) is 5.75 Å². The summed E-state index contributed by atoms with van der Waals surface area (Å²) in [6, 6.07) is 7.55. The minimum atomic E-state index is -0.291. The van der Waals surface area contributed by atoms with Crippen LogP contribution in [0.15, 0.2) is 29.1 Å². The number of aromatic nitrogens is 2. The molecule has 1 aromatic heterocycles. The van der Waals surface area contributed by atoms with E-state index < -0.39 is 0 Å². The van der Waals surface area contributed by atoms with Gasteiger partial charge in [-0.25, -0.2) is 4.68 Å². The Morgan fingerprint density at radius 1 is 1.22 bits per heavy atom. The minimum absolute atomic E-state index is 0. The van der Waals surface area contributed by atoms with Crippen molar-refractivity contribution in [2.75, 3.05) is 13.2 Å². The first-order valence-electron chi connectivity index (χ1n) is 8.95. The molecule has 0 aliphatic rings. The van der Waals surface area contributed by atoms with Crippen LogP contribution in [0.25, 0.3) is 11.1 Å². The largest absolute Gasteiger partial charge is 0.505 e. The van der Waals surface area contributed by atoms with Gasteiger partial charge in [-0.15, -0.1) is 0 Å². The Balaban J connectivity index is 0. The quantitative estimate of drug-likeness (QED) is 0.518. The van der Waals surface area contributed by atoms with E-state index in [0.717, 1.165) is 11.1 Å².